The molecule has 0 atom stereocenters. The molecule has 2 rings (SSSR count). The van der Waals surface area contributed by atoms with Crippen molar-refractivity contribution in [2.24, 2.45) is 5.73 Å². The number of unbranched alkanes of at least 4 members (excludes halogenated alkanes) is 3. The fourth-order valence-electron chi connectivity index (χ4n) is 2.90. The third kappa shape index (κ3) is 4.64. The molecule has 0 aromatic heterocycles. The van der Waals surface area contributed by atoms with E-state index in [0.717, 1.165) is 50.2 Å². The van der Waals surface area contributed by atoms with Crippen LogP contribution in [0.25, 0.3) is 5.57 Å². The summed E-state index contributed by atoms with van der Waals surface area (Å²) in [4.78, 5) is 13.2. The Morgan fingerprint density at radius 1 is 1.18 bits per heavy atom. The second-order valence-corrected chi connectivity index (χ2v) is 5.76. The van der Waals surface area contributed by atoms with Crippen LogP contribution >= 0.6 is 0 Å². The van der Waals surface area contributed by atoms with Gasteiger partial charge in [-0.1, -0.05) is 31.1 Å². The number of nitrogens with zero attached hydrogens (tertiary/aromatic N) is 2. The minimum Gasteiger partial charge on any atom is -0.330 e. The van der Waals surface area contributed by atoms with Crippen LogP contribution in [0.1, 0.15) is 37.7 Å². The van der Waals surface area contributed by atoms with Crippen molar-refractivity contribution in [3.05, 3.63) is 46.0 Å². The third-order valence-electron chi connectivity index (χ3n) is 4.17. The smallest absolute Gasteiger partial charge is 0.276 e. The third-order valence-corrected chi connectivity index (χ3v) is 4.17. The fourth-order valence-corrected chi connectivity index (χ4v) is 2.90. The number of nitrogens with two attached hydrogens (primary N) is 1. The summed E-state index contributed by atoms with van der Waals surface area (Å²) in [5, 5.41) is 11.1. The van der Waals surface area contributed by atoms with Crippen LogP contribution in [0.15, 0.2) is 30.3 Å². The Morgan fingerprint density at radius 3 is 2.64 bits per heavy atom. The number of rotatable bonds is 8. The van der Waals surface area contributed by atoms with E-state index in [1.54, 1.807) is 12.1 Å². The molecule has 0 saturated carbocycles. The van der Waals surface area contributed by atoms with Crippen LogP contribution in [-0.4, -0.2) is 36.0 Å². The summed E-state index contributed by atoms with van der Waals surface area (Å²) in [6, 6.07) is 7.03. The van der Waals surface area contributed by atoms with Crippen molar-refractivity contribution in [3.63, 3.8) is 0 Å². The lowest BCUT2D eigenvalue weighted by Crippen LogP contribution is -2.29. The summed E-state index contributed by atoms with van der Waals surface area (Å²) in [7, 11) is 0. The molecule has 0 fully saturated rings. The Kier molecular flexibility index (Phi) is 6.55. The first-order valence-corrected chi connectivity index (χ1v) is 8.07. The van der Waals surface area contributed by atoms with Gasteiger partial charge in [-0.15, -0.1) is 0 Å². The number of para-hydroxylation sites is 1. The maximum absolute atomic E-state index is 11.1. The predicted molar refractivity (Wildman–Crippen MR) is 89.7 cm³/mol. The van der Waals surface area contributed by atoms with Gasteiger partial charge >= 0.3 is 0 Å². The molecule has 22 heavy (non-hydrogen) atoms. The minimum absolute atomic E-state index is 0.212. The van der Waals surface area contributed by atoms with Crippen molar-refractivity contribution < 1.29 is 4.92 Å². The second-order valence-electron chi connectivity index (χ2n) is 5.76. The molecule has 5 nitrogen and oxygen atoms in total. The van der Waals surface area contributed by atoms with Gasteiger partial charge in [-0.2, -0.15) is 0 Å². The SMILES string of the molecule is NCCCCCCN1CC=C(c2ccccc2[N+](=O)[O-])CC1. The van der Waals surface area contributed by atoms with Crippen LogP contribution in [-0.2, 0) is 0 Å². The van der Waals surface area contributed by atoms with Gasteiger partial charge in [0.05, 0.1) is 10.5 Å². The van der Waals surface area contributed by atoms with Gasteiger partial charge in [0.15, 0.2) is 0 Å². The quantitative estimate of drug-likeness (QED) is 0.455. The van der Waals surface area contributed by atoms with Gasteiger partial charge in [0.1, 0.15) is 0 Å². The Bertz CT molecular complexity index is 528. The van der Waals surface area contributed by atoms with E-state index < -0.39 is 0 Å². The average molecular weight is 303 g/mol. The second kappa shape index (κ2) is 8.66. The molecule has 0 saturated heterocycles. The Hall–Kier alpha value is -1.72. The summed E-state index contributed by atoms with van der Waals surface area (Å²) < 4.78 is 0. The maximum atomic E-state index is 11.1. The van der Waals surface area contributed by atoms with Crippen LogP contribution in [0, 0.1) is 10.1 Å². The highest BCUT2D eigenvalue weighted by atomic mass is 16.6. The van der Waals surface area contributed by atoms with Crippen LogP contribution < -0.4 is 5.73 Å². The van der Waals surface area contributed by atoms with E-state index in [1.165, 1.54) is 19.3 Å². The lowest BCUT2D eigenvalue weighted by Gasteiger charge is -2.26. The van der Waals surface area contributed by atoms with E-state index in [0.29, 0.717) is 0 Å². The summed E-state index contributed by atoms with van der Waals surface area (Å²) in [5.41, 5.74) is 7.58. The fraction of sp³-hybridized carbons (Fsp3) is 0.529. The topological polar surface area (TPSA) is 72.4 Å². The molecule has 5 heteroatoms. The van der Waals surface area contributed by atoms with Crippen LogP contribution in [0.4, 0.5) is 5.69 Å². The van der Waals surface area contributed by atoms with E-state index in [9.17, 15) is 10.1 Å². The van der Waals surface area contributed by atoms with Crippen molar-refractivity contribution in [1.29, 1.82) is 0 Å². The van der Waals surface area contributed by atoms with Gasteiger partial charge in [-0.25, -0.2) is 0 Å². The zero-order valence-corrected chi connectivity index (χ0v) is 13.0. The lowest BCUT2D eigenvalue weighted by molar-refractivity contribution is -0.385. The first-order valence-electron chi connectivity index (χ1n) is 8.07. The van der Waals surface area contributed by atoms with E-state index in [4.69, 9.17) is 5.73 Å². The van der Waals surface area contributed by atoms with Gasteiger partial charge in [0, 0.05) is 19.2 Å². The lowest BCUT2D eigenvalue weighted by atomic mass is 9.98. The monoisotopic (exact) mass is 303 g/mol. The standard InChI is InChI=1S/C17H25N3O2/c18-11-5-1-2-6-12-19-13-9-15(10-14-19)16-7-3-4-8-17(16)20(21)22/h3-4,7-9H,1-2,5-6,10-14,18H2. The molecule has 0 aliphatic carbocycles. The molecule has 120 valence electrons. The van der Waals surface area contributed by atoms with Crippen LogP contribution in [0.3, 0.4) is 0 Å². The molecule has 0 unspecified atom stereocenters. The normalized spacial score (nSPS) is 15.6. The Labute approximate surface area is 132 Å². The van der Waals surface area contributed by atoms with Crippen molar-refractivity contribution in [2.75, 3.05) is 26.2 Å². The largest absolute Gasteiger partial charge is 0.330 e. The summed E-state index contributed by atoms with van der Waals surface area (Å²) in [5.74, 6) is 0. The molecule has 0 amide bonds. The highest BCUT2D eigenvalue weighted by Crippen LogP contribution is 2.29. The number of benzene rings is 1. The predicted octanol–water partition coefficient (Wildman–Crippen LogP) is 3.20. The molecule has 1 aliphatic heterocycles. The number of hydrogen-bond donors (Lipinski definition) is 1. The van der Waals surface area contributed by atoms with Gasteiger partial charge < -0.3 is 5.73 Å². The first kappa shape index (κ1) is 16.6. The summed E-state index contributed by atoms with van der Waals surface area (Å²) >= 11 is 0. The zero-order valence-electron chi connectivity index (χ0n) is 13.0. The van der Waals surface area contributed by atoms with Gasteiger partial charge in [-0.05, 0) is 44.0 Å². The van der Waals surface area contributed by atoms with E-state index in [1.807, 2.05) is 12.1 Å². The van der Waals surface area contributed by atoms with Crippen molar-refractivity contribution in [1.82, 2.24) is 4.90 Å². The molecule has 1 aromatic rings. The van der Waals surface area contributed by atoms with Crippen LogP contribution in [0.2, 0.25) is 0 Å². The van der Waals surface area contributed by atoms with E-state index >= 15 is 0 Å². The summed E-state index contributed by atoms with van der Waals surface area (Å²) in [6.07, 6.45) is 7.78. The Morgan fingerprint density at radius 2 is 1.95 bits per heavy atom. The average Bonchev–Trinajstić information content (AvgIpc) is 2.55. The van der Waals surface area contributed by atoms with E-state index in [-0.39, 0.29) is 10.6 Å². The number of hydrogen-bond acceptors (Lipinski definition) is 4. The van der Waals surface area contributed by atoms with Gasteiger partial charge in [0.25, 0.3) is 5.69 Å². The van der Waals surface area contributed by atoms with Gasteiger partial charge in [0.2, 0.25) is 0 Å². The van der Waals surface area contributed by atoms with Crippen molar-refractivity contribution in [3.8, 4) is 0 Å². The maximum Gasteiger partial charge on any atom is 0.276 e. The minimum atomic E-state index is -0.292. The highest BCUT2D eigenvalue weighted by Gasteiger charge is 2.19. The molecule has 1 aliphatic rings. The molecule has 0 bridgehead atoms. The number of nitro benzene ring substituents is 1. The van der Waals surface area contributed by atoms with Crippen molar-refractivity contribution >= 4 is 11.3 Å². The molecule has 0 spiro atoms. The first-order chi connectivity index (χ1) is 10.7. The van der Waals surface area contributed by atoms with Crippen molar-refractivity contribution in [2.45, 2.75) is 32.1 Å². The molecule has 1 heterocycles. The molecule has 1 aromatic carbocycles. The molecular formula is C17H25N3O2. The molecular weight excluding hydrogens is 278 g/mol. The zero-order chi connectivity index (χ0) is 15.8. The molecule has 0 radical (unpaired) electrons. The van der Waals surface area contributed by atoms with Crippen LogP contribution in [0.5, 0.6) is 0 Å². The summed E-state index contributed by atoms with van der Waals surface area (Å²) in [6.45, 7) is 3.75. The molecule has 2 N–H and O–H groups in total. The van der Waals surface area contributed by atoms with E-state index in [2.05, 4.69) is 11.0 Å². The van der Waals surface area contributed by atoms with Gasteiger partial charge in [-0.3, -0.25) is 15.0 Å². The number of nitro groups is 1. The Balaban J connectivity index is 1.88. The highest BCUT2D eigenvalue weighted by molar-refractivity contribution is 5.73.